The Morgan fingerprint density at radius 3 is 2.33 bits per heavy atom. The molecule has 10 heteroatoms. The lowest BCUT2D eigenvalue weighted by Crippen LogP contribution is -2.50. The molecular weight excluding hydrogens is 412 g/mol. The van der Waals surface area contributed by atoms with Crippen molar-refractivity contribution < 1.29 is 24.0 Å². The Morgan fingerprint density at radius 2 is 1.67 bits per heavy atom. The monoisotopic (exact) mass is 436 g/mol. The molecule has 0 N–H and O–H groups in total. The van der Waals surface area contributed by atoms with Crippen molar-refractivity contribution in [1.29, 1.82) is 0 Å². The number of carbonyl (C=O) groups is 3. The van der Waals surface area contributed by atoms with E-state index in [-0.39, 0.29) is 12.8 Å². The molecule has 30 heavy (non-hydrogen) atoms. The Hall–Kier alpha value is -2.36. The largest absolute Gasteiger partial charge is 0.434 e. The Morgan fingerprint density at radius 1 is 1.00 bits per heavy atom. The molecule has 3 fully saturated rings. The third kappa shape index (κ3) is 4.53. The summed E-state index contributed by atoms with van der Waals surface area (Å²) in [6, 6.07) is 5.95. The number of anilines is 1. The van der Waals surface area contributed by atoms with Crippen LogP contribution in [-0.4, -0.2) is 85.3 Å². The van der Waals surface area contributed by atoms with Gasteiger partial charge in [0.1, 0.15) is 0 Å². The molecule has 0 aliphatic carbocycles. The van der Waals surface area contributed by atoms with Crippen LogP contribution in [0.1, 0.15) is 18.4 Å². The molecule has 3 amide bonds. The first kappa shape index (κ1) is 20.9. The number of nitrogens with zero attached hydrogens (tertiary/aromatic N) is 4. The second-order valence-corrected chi connectivity index (χ2v) is 7.96. The molecule has 0 bridgehead atoms. The highest BCUT2D eigenvalue weighted by molar-refractivity contribution is 6.33. The molecule has 0 aromatic heterocycles. The van der Waals surface area contributed by atoms with Crippen molar-refractivity contribution >= 4 is 35.2 Å². The molecule has 0 unspecified atom stereocenters. The van der Waals surface area contributed by atoms with E-state index in [2.05, 4.69) is 15.9 Å². The average molecular weight is 437 g/mol. The molecular formula is C20H25ClN4O5. The Balaban J connectivity index is 1.34. The van der Waals surface area contributed by atoms with Crippen LogP contribution in [0.5, 0.6) is 0 Å². The maximum atomic E-state index is 12.3. The summed E-state index contributed by atoms with van der Waals surface area (Å²) in [5.74, 6) is -0.938. The second kappa shape index (κ2) is 9.20. The molecule has 3 aliphatic rings. The molecule has 9 nitrogen and oxygen atoms in total. The summed E-state index contributed by atoms with van der Waals surface area (Å²) in [7, 11) is 0. The SMILES string of the molecule is O=C(ON1C(=O)CCC1=O)N1CCN(Cc2cccc(Cl)c2N2CCOCC2)CC1. The standard InChI is InChI=1S/C20H25ClN4O5/c21-16-3-1-2-15(19(16)23-10-12-29-13-11-23)14-22-6-8-24(9-7-22)20(28)30-25-17(26)4-5-18(25)27/h1-3H,4-14H2. The summed E-state index contributed by atoms with van der Waals surface area (Å²) in [6.45, 7) is 5.96. The lowest BCUT2D eigenvalue weighted by Gasteiger charge is -2.36. The van der Waals surface area contributed by atoms with Crippen molar-refractivity contribution in [3.8, 4) is 0 Å². The molecule has 4 rings (SSSR count). The predicted molar refractivity (Wildman–Crippen MR) is 109 cm³/mol. The van der Waals surface area contributed by atoms with Gasteiger partial charge in [-0.2, -0.15) is 0 Å². The zero-order valence-corrected chi connectivity index (χ0v) is 17.5. The van der Waals surface area contributed by atoms with Crippen molar-refractivity contribution in [2.45, 2.75) is 19.4 Å². The third-order valence-corrected chi connectivity index (χ3v) is 5.90. The fraction of sp³-hybridized carbons (Fsp3) is 0.550. The van der Waals surface area contributed by atoms with Crippen LogP contribution in [-0.2, 0) is 25.7 Å². The number of imide groups is 1. The van der Waals surface area contributed by atoms with Crippen LogP contribution in [0, 0.1) is 0 Å². The number of hydroxylamine groups is 2. The van der Waals surface area contributed by atoms with Crippen molar-refractivity contribution in [3.05, 3.63) is 28.8 Å². The van der Waals surface area contributed by atoms with E-state index in [4.69, 9.17) is 21.2 Å². The number of halogens is 1. The number of rotatable bonds is 4. The number of hydrogen-bond acceptors (Lipinski definition) is 7. The van der Waals surface area contributed by atoms with Gasteiger partial charge in [-0.3, -0.25) is 14.5 Å². The minimum Gasteiger partial charge on any atom is -0.378 e. The van der Waals surface area contributed by atoms with Crippen molar-refractivity contribution in [2.75, 3.05) is 57.4 Å². The van der Waals surface area contributed by atoms with E-state index in [0.29, 0.717) is 44.5 Å². The van der Waals surface area contributed by atoms with Crippen LogP contribution in [0.3, 0.4) is 0 Å². The summed E-state index contributed by atoms with van der Waals surface area (Å²) < 4.78 is 5.46. The normalized spacial score (nSPS) is 20.8. The topological polar surface area (TPSA) is 82.6 Å². The van der Waals surface area contributed by atoms with Gasteiger partial charge in [-0.1, -0.05) is 23.7 Å². The van der Waals surface area contributed by atoms with E-state index in [0.717, 1.165) is 35.9 Å². The zero-order valence-electron chi connectivity index (χ0n) is 16.7. The lowest BCUT2D eigenvalue weighted by molar-refractivity contribution is -0.174. The van der Waals surface area contributed by atoms with Gasteiger partial charge in [-0.05, 0) is 11.6 Å². The molecule has 1 aromatic carbocycles. The minimum absolute atomic E-state index is 0.0883. The summed E-state index contributed by atoms with van der Waals surface area (Å²) in [4.78, 5) is 46.6. The van der Waals surface area contributed by atoms with Gasteiger partial charge in [-0.25, -0.2) is 4.79 Å². The highest BCUT2D eigenvalue weighted by Gasteiger charge is 2.35. The van der Waals surface area contributed by atoms with Gasteiger partial charge >= 0.3 is 6.09 Å². The summed E-state index contributed by atoms with van der Waals surface area (Å²) in [5.41, 5.74) is 2.20. The minimum atomic E-state index is -0.657. The van der Waals surface area contributed by atoms with Crippen LogP contribution in [0.2, 0.25) is 5.02 Å². The molecule has 0 atom stereocenters. The predicted octanol–water partition coefficient (Wildman–Crippen LogP) is 1.49. The number of morpholine rings is 1. The van der Waals surface area contributed by atoms with Crippen molar-refractivity contribution in [2.24, 2.45) is 0 Å². The molecule has 0 radical (unpaired) electrons. The number of carbonyl (C=O) groups excluding carboxylic acids is 3. The molecule has 0 saturated carbocycles. The Kier molecular flexibility index (Phi) is 6.40. The average Bonchev–Trinajstić information content (AvgIpc) is 3.07. The van der Waals surface area contributed by atoms with Gasteiger partial charge in [0.25, 0.3) is 11.8 Å². The number of hydrogen-bond donors (Lipinski definition) is 0. The van der Waals surface area contributed by atoms with Crippen LogP contribution in [0.15, 0.2) is 18.2 Å². The van der Waals surface area contributed by atoms with Gasteiger partial charge in [0.2, 0.25) is 0 Å². The van der Waals surface area contributed by atoms with Crippen LogP contribution >= 0.6 is 11.6 Å². The van der Waals surface area contributed by atoms with Gasteiger partial charge in [0.05, 0.1) is 23.9 Å². The van der Waals surface area contributed by atoms with E-state index in [1.54, 1.807) is 0 Å². The lowest BCUT2D eigenvalue weighted by atomic mass is 10.1. The van der Waals surface area contributed by atoms with E-state index in [9.17, 15) is 14.4 Å². The van der Waals surface area contributed by atoms with Crippen LogP contribution in [0.25, 0.3) is 0 Å². The fourth-order valence-electron chi connectivity index (χ4n) is 3.95. The maximum absolute atomic E-state index is 12.3. The van der Waals surface area contributed by atoms with Crippen LogP contribution in [0.4, 0.5) is 10.5 Å². The molecule has 3 aliphatic heterocycles. The molecule has 3 heterocycles. The van der Waals surface area contributed by atoms with E-state index < -0.39 is 17.9 Å². The summed E-state index contributed by atoms with van der Waals surface area (Å²) in [5, 5.41) is 1.33. The highest BCUT2D eigenvalue weighted by atomic mass is 35.5. The Labute approximate surface area is 180 Å². The van der Waals surface area contributed by atoms with Gasteiger partial charge in [0, 0.05) is 58.7 Å². The molecule has 1 aromatic rings. The van der Waals surface area contributed by atoms with E-state index in [1.165, 1.54) is 4.90 Å². The van der Waals surface area contributed by atoms with Gasteiger partial charge in [0.15, 0.2) is 0 Å². The second-order valence-electron chi connectivity index (χ2n) is 7.55. The number of benzene rings is 1. The van der Waals surface area contributed by atoms with Crippen molar-refractivity contribution in [3.63, 3.8) is 0 Å². The summed E-state index contributed by atoms with van der Waals surface area (Å²) in [6.07, 6.45) is -0.481. The van der Waals surface area contributed by atoms with Gasteiger partial charge < -0.3 is 19.4 Å². The van der Waals surface area contributed by atoms with Crippen molar-refractivity contribution in [1.82, 2.24) is 14.9 Å². The molecule has 0 spiro atoms. The first-order valence-corrected chi connectivity index (χ1v) is 10.6. The highest BCUT2D eigenvalue weighted by Crippen LogP contribution is 2.31. The zero-order chi connectivity index (χ0) is 21.1. The summed E-state index contributed by atoms with van der Waals surface area (Å²) >= 11 is 6.52. The molecule has 162 valence electrons. The third-order valence-electron chi connectivity index (χ3n) is 5.60. The maximum Gasteiger partial charge on any atom is 0.434 e. The number of para-hydroxylation sites is 1. The number of ether oxygens (including phenoxy) is 1. The first-order valence-electron chi connectivity index (χ1n) is 10.2. The fourth-order valence-corrected chi connectivity index (χ4v) is 4.27. The quantitative estimate of drug-likeness (QED) is 0.661. The van der Waals surface area contributed by atoms with Gasteiger partial charge in [-0.15, -0.1) is 5.06 Å². The Bertz CT molecular complexity index is 805. The van der Waals surface area contributed by atoms with E-state index >= 15 is 0 Å². The van der Waals surface area contributed by atoms with Crippen LogP contribution < -0.4 is 4.90 Å². The molecule has 3 saturated heterocycles. The number of piperazine rings is 1. The number of amides is 3. The smallest absolute Gasteiger partial charge is 0.378 e. The van der Waals surface area contributed by atoms with E-state index in [1.807, 2.05) is 12.1 Å². The first-order chi connectivity index (χ1) is 14.5.